The molecule has 0 unspecified atom stereocenters. The highest BCUT2D eigenvalue weighted by atomic mass is 32.2. The van der Waals surface area contributed by atoms with Gasteiger partial charge in [0.25, 0.3) is 10.0 Å². The van der Waals surface area contributed by atoms with Gasteiger partial charge in [-0.05, 0) is 13.8 Å². The normalized spacial score (nSPS) is 12.2. The molecular formula is C14H19F3N6O3S. The van der Waals surface area contributed by atoms with Crippen molar-refractivity contribution >= 4 is 27.5 Å². The maximum Gasteiger partial charge on any atom is 0.421 e. The molecule has 0 saturated carbocycles. The van der Waals surface area contributed by atoms with E-state index in [2.05, 4.69) is 25.7 Å². The summed E-state index contributed by atoms with van der Waals surface area (Å²) in [5, 5.41) is 9.13. The molecule has 0 atom stereocenters. The SMILES string of the molecule is CCNc1nc(Nc2cn(S(=O)(=O)CCOC)nc2C)ncc1C(F)(F)F. The zero-order valence-electron chi connectivity index (χ0n) is 14.8. The fourth-order valence-electron chi connectivity index (χ4n) is 2.05. The molecule has 13 heteroatoms. The second-order valence-electron chi connectivity index (χ2n) is 5.42. The Balaban J connectivity index is 2.31. The van der Waals surface area contributed by atoms with E-state index in [9.17, 15) is 21.6 Å². The second-order valence-corrected chi connectivity index (χ2v) is 7.36. The zero-order chi connectivity index (χ0) is 20.2. The van der Waals surface area contributed by atoms with Gasteiger partial charge in [-0.25, -0.2) is 13.4 Å². The number of nitrogens with zero attached hydrogens (tertiary/aromatic N) is 4. The minimum absolute atomic E-state index is 0.00192. The Kier molecular flexibility index (Phi) is 6.26. The molecule has 2 aromatic rings. The number of hydrogen-bond acceptors (Lipinski definition) is 8. The van der Waals surface area contributed by atoms with Gasteiger partial charge in [-0.15, -0.1) is 0 Å². The number of nitrogens with one attached hydrogen (secondary N) is 2. The Hall–Kier alpha value is -2.41. The number of halogens is 3. The molecule has 2 rings (SSSR count). The summed E-state index contributed by atoms with van der Waals surface area (Å²) in [5.41, 5.74) is -0.438. The summed E-state index contributed by atoms with van der Waals surface area (Å²) < 4.78 is 68.8. The Morgan fingerprint density at radius 2 is 2.04 bits per heavy atom. The van der Waals surface area contributed by atoms with Gasteiger partial charge in [-0.3, -0.25) is 0 Å². The van der Waals surface area contributed by atoms with Crippen LogP contribution in [0.25, 0.3) is 0 Å². The van der Waals surface area contributed by atoms with Crippen LogP contribution in [0.1, 0.15) is 18.2 Å². The lowest BCUT2D eigenvalue weighted by Crippen LogP contribution is -2.20. The number of aromatic nitrogens is 4. The topological polar surface area (TPSA) is 111 Å². The van der Waals surface area contributed by atoms with Crippen molar-refractivity contribution in [3.8, 4) is 0 Å². The molecule has 0 radical (unpaired) electrons. The van der Waals surface area contributed by atoms with Crippen LogP contribution < -0.4 is 10.6 Å². The summed E-state index contributed by atoms with van der Waals surface area (Å²) in [6.07, 6.45) is -2.75. The van der Waals surface area contributed by atoms with Crippen molar-refractivity contribution in [2.45, 2.75) is 20.0 Å². The van der Waals surface area contributed by atoms with E-state index in [0.717, 1.165) is 4.09 Å². The molecule has 0 spiro atoms. The fourth-order valence-corrected chi connectivity index (χ4v) is 3.13. The van der Waals surface area contributed by atoms with Gasteiger partial charge in [0.05, 0.1) is 29.9 Å². The lowest BCUT2D eigenvalue weighted by Gasteiger charge is -2.13. The Morgan fingerprint density at radius 1 is 1.33 bits per heavy atom. The highest BCUT2D eigenvalue weighted by Crippen LogP contribution is 2.34. The van der Waals surface area contributed by atoms with Crippen molar-refractivity contribution < 1.29 is 26.3 Å². The molecule has 9 nitrogen and oxygen atoms in total. The van der Waals surface area contributed by atoms with Crippen LogP contribution in [0.5, 0.6) is 0 Å². The number of hydrogen-bond donors (Lipinski definition) is 2. The molecule has 27 heavy (non-hydrogen) atoms. The van der Waals surface area contributed by atoms with Crippen LogP contribution in [0.2, 0.25) is 0 Å². The van der Waals surface area contributed by atoms with Gasteiger partial charge >= 0.3 is 6.18 Å². The summed E-state index contributed by atoms with van der Waals surface area (Å²) in [4.78, 5) is 7.48. The molecule has 150 valence electrons. The van der Waals surface area contributed by atoms with Crippen LogP contribution >= 0.6 is 0 Å². The van der Waals surface area contributed by atoms with Gasteiger partial charge in [-0.1, -0.05) is 0 Å². The van der Waals surface area contributed by atoms with Crippen LogP contribution in [0, 0.1) is 6.92 Å². The number of methoxy groups -OCH3 is 1. The van der Waals surface area contributed by atoms with Crippen molar-refractivity contribution in [1.82, 2.24) is 19.2 Å². The quantitative estimate of drug-likeness (QED) is 0.682. The Morgan fingerprint density at radius 3 is 2.63 bits per heavy atom. The summed E-state index contributed by atoms with van der Waals surface area (Å²) in [6.45, 7) is 3.40. The third-order valence-electron chi connectivity index (χ3n) is 3.39. The summed E-state index contributed by atoms with van der Waals surface area (Å²) in [6, 6.07) is 0. The molecule has 0 bridgehead atoms. The largest absolute Gasteiger partial charge is 0.421 e. The molecule has 2 aromatic heterocycles. The van der Waals surface area contributed by atoms with E-state index in [0.29, 0.717) is 11.9 Å². The molecule has 0 amide bonds. The number of ether oxygens (including phenoxy) is 1. The standard InChI is InChI=1S/C14H19F3N6O3S/c1-4-18-12-10(14(15,16)17)7-19-13(21-12)20-11-8-23(22-9(11)2)27(24,25)6-5-26-3/h7-8H,4-6H2,1-3H3,(H2,18,19,20,21). The third-order valence-corrected chi connectivity index (χ3v) is 4.83. The van der Waals surface area contributed by atoms with E-state index in [-0.39, 0.29) is 36.4 Å². The lowest BCUT2D eigenvalue weighted by molar-refractivity contribution is -0.137. The summed E-state index contributed by atoms with van der Waals surface area (Å²) in [7, 11) is -2.34. The van der Waals surface area contributed by atoms with E-state index >= 15 is 0 Å². The van der Waals surface area contributed by atoms with Crippen LogP contribution in [0.3, 0.4) is 0 Å². The minimum atomic E-state index is -4.60. The molecule has 0 aliphatic carbocycles. The van der Waals surface area contributed by atoms with Crippen LogP contribution in [0.15, 0.2) is 12.4 Å². The van der Waals surface area contributed by atoms with Gasteiger partial charge in [0, 0.05) is 19.9 Å². The molecular weight excluding hydrogens is 389 g/mol. The lowest BCUT2D eigenvalue weighted by atomic mass is 10.3. The van der Waals surface area contributed by atoms with Gasteiger partial charge in [0.15, 0.2) is 0 Å². The van der Waals surface area contributed by atoms with Crippen molar-refractivity contribution in [3.63, 3.8) is 0 Å². The van der Waals surface area contributed by atoms with Gasteiger partial charge < -0.3 is 15.4 Å². The predicted molar refractivity (Wildman–Crippen MR) is 92.5 cm³/mol. The second kappa shape index (κ2) is 8.08. The van der Waals surface area contributed by atoms with Crippen LogP contribution in [0.4, 0.5) is 30.6 Å². The molecule has 0 aromatic carbocycles. The highest BCUT2D eigenvalue weighted by molar-refractivity contribution is 7.89. The first-order valence-corrected chi connectivity index (χ1v) is 9.43. The number of rotatable bonds is 8. The Labute approximate surface area is 154 Å². The number of anilines is 3. The molecule has 2 N–H and O–H groups in total. The van der Waals surface area contributed by atoms with Crippen molar-refractivity contribution in [2.24, 2.45) is 0 Å². The van der Waals surface area contributed by atoms with E-state index in [4.69, 9.17) is 4.74 Å². The van der Waals surface area contributed by atoms with Crippen molar-refractivity contribution in [1.29, 1.82) is 0 Å². The van der Waals surface area contributed by atoms with E-state index < -0.39 is 21.8 Å². The van der Waals surface area contributed by atoms with E-state index in [1.165, 1.54) is 13.3 Å². The number of alkyl halides is 3. The average Bonchev–Trinajstić information content (AvgIpc) is 2.94. The van der Waals surface area contributed by atoms with E-state index in [1.54, 1.807) is 13.8 Å². The minimum Gasteiger partial charge on any atom is -0.384 e. The molecule has 0 aliphatic rings. The van der Waals surface area contributed by atoms with Gasteiger partial charge in [-0.2, -0.15) is 27.3 Å². The average molecular weight is 408 g/mol. The summed E-state index contributed by atoms with van der Waals surface area (Å²) >= 11 is 0. The first-order valence-electron chi connectivity index (χ1n) is 7.82. The smallest absolute Gasteiger partial charge is 0.384 e. The van der Waals surface area contributed by atoms with E-state index in [1.807, 2.05) is 0 Å². The first-order chi connectivity index (χ1) is 12.6. The monoisotopic (exact) mass is 408 g/mol. The molecule has 0 aliphatic heterocycles. The first kappa shape index (κ1) is 20.9. The van der Waals surface area contributed by atoms with Crippen LogP contribution in [-0.2, 0) is 20.9 Å². The van der Waals surface area contributed by atoms with Crippen LogP contribution in [-0.4, -0.2) is 53.6 Å². The fraction of sp³-hybridized carbons (Fsp3) is 0.500. The Bertz CT molecular complexity index is 898. The predicted octanol–water partition coefficient (Wildman–Crippen LogP) is 2.00. The van der Waals surface area contributed by atoms with Gasteiger partial charge in [0.2, 0.25) is 5.95 Å². The maximum atomic E-state index is 13.0. The zero-order valence-corrected chi connectivity index (χ0v) is 15.6. The molecule has 0 saturated heterocycles. The highest BCUT2D eigenvalue weighted by Gasteiger charge is 2.35. The third kappa shape index (κ3) is 5.07. The van der Waals surface area contributed by atoms with Crippen molar-refractivity contribution in [2.75, 3.05) is 36.6 Å². The molecule has 0 fully saturated rings. The van der Waals surface area contributed by atoms with Gasteiger partial charge in [0.1, 0.15) is 11.4 Å². The maximum absolute atomic E-state index is 13.0. The summed E-state index contributed by atoms with van der Waals surface area (Å²) in [5.74, 6) is -0.776. The number of aryl methyl sites for hydroxylation is 1. The van der Waals surface area contributed by atoms with Crippen molar-refractivity contribution in [3.05, 3.63) is 23.7 Å². The molecule has 2 heterocycles.